The second kappa shape index (κ2) is 5.76. The van der Waals surface area contributed by atoms with Crippen molar-refractivity contribution in [2.45, 2.75) is 20.3 Å². The second-order valence-electron chi connectivity index (χ2n) is 3.13. The van der Waals surface area contributed by atoms with Crippen LogP contribution in [0.5, 0.6) is 0 Å². The van der Waals surface area contributed by atoms with Gasteiger partial charge < -0.3 is 5.32 Å². The van der Waals surface area contributed by atoms with Crippen molar-refractivity contribution in [3.05, 3.63) is 4.62 Å². The molecule has 0 fully saturated rings. The van der Waals surface area contributed by atoms with E-state index in [0.29, 0.717) is 13.0 Å². The molecule has 80 valence electrons. The molecule has 5 N–H and O–H groups in total. The summed E-state index contributed by atoms with van der Waals surface area (Å²) in [6.07, 6.45) is 0.344. The summed E-state index contributed by atoms with van der Waals surface area (Å²) in [6.45, 7) is 3.97. The first-order chi connectivity index (χ1) is 6.33. The van der Waals surface area contributed by atoms with Gasteiger partial charge >= 0.3 is 7.59 Å². The fourth-order valence-electron chi connectivity index (χ4n) is 0.606. The topological polar surface area (TPSA) is 103 Å². The van der Waals surface area contributed by atoms with Crippen LogP contribution in [0.3, 0.4) is 0 Å². The average Bonchev–Trinajstić information content (AvgIpc) is 2.01. The van der Waals surface area contributed by atoms with Crippen LogP contribution < -0.4 is 16.3 Å². The highest BCUT2D eigenvalue weighted by molar-refractivity contribution is 7.61. The highest BCUT2D eigenvalue weighted by atomic mass is 31.2. The van der Waals surface area contributed by atoms with E-state index < -0.39 is 7.59 Å². The van der Waals surface area contributed by atoms with Crippen molar-refractivity contribution >= 4 is 13.5 Å². The molecule has 0 bridgehead atoms. The smallest absolute Gasteiger partial charge is 0.355 e. The summed E-state index contributed by atoms with van der Waals surface area (Å²) in [7, 11) is -3.35. The molecule has 0 unspecified atom stereocenters. The molecule has 0 rings (SSSR count). The molecular formula is C7H16N4O2P+. The predicted octanol–water partition coefficient (Wildman–Crippen LogP) is 0.507. The van der Waals surface area contributed by atoms with E-state index >= 15 is 0 Å². The van der Waals surface area contributed by atoms with Crippen LogP contribution >= 0.6 is 7.59 Å². The van der Waals surface area contributed by atoms with Gasteiger partial charge in [-0.3, -0.25) is 4.79 Å². The number of nitrogens with one attached hydrogen (secondary N) is 1. The quantitative estimate of drug-likeness (QED) is 0.475. The fourth-order valence-corrected chi connectivity index (χ4v) is 0.927. The van der Waals surface area contributed by atoms with Gasteiger partial charge in [-0.15, -0.1) is 0 Å². The molecule has 14 heavy (non-hydrogen) atoms. The van der Waals surface area contributed by atoms with Gasteiger partial charge in [0.2, 0.25) is 5.91 Å². The molecule has 0 atom stereocenters. The Balaban J connectivity index is 3.71. The monoisotopic (exact) mass is 219 g/mol. The Labute approximate surface area is 83.4 Å². The summed E-state index contributed by atoms with van der Waals surface area (Å²) in [6, 6.07) is 2.42. The minimum atomic E-state index is -3.35. The Morgan fingerprint density at radius 1 is 1.57 bits per heavy atom. The Hall–Kier alpha value is -0.890. The highest BCUT2D eigenvalue weighted by Crippen LogP contribution is 2.25. The largest absolute Gasteiger partial charge is 0.583 e. The number of hydrogen-bond donors (Lipinski definition) is 3. The zero-order chi connectivity index (χ0) is 11.2. The maximum absolute atomic E-state index is 11.0. The summed E-state index contributed by atoms with van der Waals surface area (Å²) in [4.78, 5) is 11.0. The molecule has 0 aromatic heterocycles. The lowest BCUT2D eigenvalue weighted by Crippen LogP contribution is -2.28. The van der Waals surface area contributed by atoms with Crippen LogP contribution in [-0.2, 0) is 9.36 Å². The van der Waals surface area contributed by atoms with Crippen molar-refractivity contribution in [1.29, 1.82) is 0 Å². The Morgan fingerprint density at radius 3 is 2.57 bits per heavy atom. The lowest BCUT2D eigenvalue weighted by Gasteiger charge is -2.03. The number of rotatable bonds is 3. The minimum absolute atomic E-state index is 0.0459. The third-order valence-electron chi connectivity index (χ3n) is 1.29. The van der Waals surface area contributed by atoms with E-state index in [2.05, 4.69) is 16.0 Å². The van der Waals surface area contributed by atoms with E-state index in [9.17, 15) is 9.36 Å². The molecule has 0 aromatic rings. The molecule has 0 saturated heterocycles. The molecule has 0 radical (unpaired) electrons. The van der Waals surface area contributed by atoms with Crippen molar-refractivity contribution in [1.82, 2.24) is 5.32 Å². The molecule has 0 spiro atoms. The Kier molecular flexibility index (Phi) is 5.39. The maximum atomic E-state index is 11.0. The molecule has 1 amide bonds. The summed E-state index contributed by atoms with van der Waals surface area (Å²) < 4.78 is 14.0. The van der Waals surface area contributed by atoms with E-state index in [1.54, 1.807) is 13.8 Å². The fraction of sp³-hybridized carbons (Fsp3) is 0.714. The standard InChI is InChI=1S/C7H15N4O2P/c1-6(2)7(12)10-4-3-5-11-14(8,9)13/h6H,3-4H2,1-2H3,(H4-,8,9,10,12,13)/p+1. The van der Waals surface area contributed by atoms with Crippen LogP contribution in [0.15, 0.2) is 0 Å². The van der Waals surface area contributed by atoms with Gasteiger partial charge in [0.05, 0.1) is 6.42 Å². The van der Waals surface area contributed by atoms with E-state index in [4.69, 9.17) is 11.0 Å². The van der Waals surface area contributed by atoms with E-state index in [1.165, 1.54) is 0 Å². The molecule has 0 aliphatic heterocycles. The van der Waals surface area contributed by atoms with E-state index in [0.717, 1.165) is 0 Å². The minimum Gasteiger partial charge on any atom is -0.355 e. The van der Waals surface area contributed by atoms with Crippen molar-refractivity contribution in [2.24, 2.45) is 16.9 Å². The second-order valence-corrected chi connectivity index (χ2v) is 4.67. The van der Waals surface area contributed by atoms with Crippen LogP contribution in [0.2, 0.25) is 0 Å². The molecular weight excluding hydrogens is 203 g/mol. The number of carbonyl (C=O) groups excluding carboxylic acids is 1. The molecule has 0 saturated carbocycles. The SMILES string of the molecule is CC(C)C(=O)NCCC#[N+]P(N)(N)=O. The summed E-state index contributed by atoms with van der Waals surface area (Å²) in [5.74, 6) is -0.0995. The van der Waals surface area contributed by atoms with Crippen LogP contribution in [0.4, 0.5) is 0 Å². The number of carbonyl (C=O) groups is 1. The first-order valence-electron chi connectivity index (χ1n) is 4.23. The van der Waals surface area contributed by atoms with Gasteiger partial charge in [0.25, 0.3) is 6.07 Å². The zero-order valence-electron chi connectivity index (χ0n) is 8.36. The van der Waals surface area contributed by atoms with Crippen LogP contribution in [0.25, 0.3) is 4.62 Å². The summed E-state index contributed by atoms with van der Waals surface area (Å²) >= 11 is 0. The van der Waals surface area contributed by atoms with Gasteiger partial charge in [-0.2, -0.15) is 11.0 Å². The third-order valence-corrected chi connectivity index (χ3v) is 1.74. The van der Waals surface area contributed by atoms with Crippen molar-refractivity contribution in [3.63, 3.8) is 0 Å². The Bertz CT molecular complexity index is 299. The molecule has 0 aromatic carbocycles. The van der Waals surface area contributed by atoms with Gasteiger partial charge in [-0.1, -0.05) is 13.8 Å². The van der Waals surface area contributed by atoms with Gasteiger partial charge in [0.1, 0.15) is 0 Å². The number of nitrogens with two attached hydrogens (primary N) is 2. The van der Waals surface area contributed by atoms with E-state index in [1.807, 2.05) is 0 Å². The van der Waals surface area contributed by atoms with Gasteiger partial charge in [0.15, 0.2) is 0 Å². The average molecular weight is 219 g/mol. The van der Waals surface area contributed by atoms with Crippen molar-refractivity contribution in [2.75, 3.05) is 6.54 Å². The summed E-state index contributed by atoms with van der Waals surface area (Å²) in [5.41, 5.74) is 9.89. The molecule has 0 aliphatic carbocycles. The lowest BCUT2D eigenvalue weighted by atomic mass is 10.2. The lowest BCUT2D eigenvalue weighted by molar-refractivity contribution is -0.123. The molecule has 7 heteroatoms. The number of hydrogen-bond acceptors (Lipinski definition) is 2. The molecule has 0 heterocycles. The first kappa shape index (κ1) is 13.1. The summed E-state index contributed by atoms with van der Waals surface area (Å²) in [5, 5.41) is 2.64. The number of nitrogens with zero attached hydrogens (tertiary/aromatic N) is 1. The van der Waals surface area contributed by atoms with Gasteiger partial charge in [0, 0.05) is 12.5 Å². The number of amides is 1. The zero-order valence-corrected chi connectivity index (χ0v) is 9.25. The van der Waals surface area contributed by atoms with Gasteiger partial charge in [-0.25, -0.2) is 4.57 Å². The van der Waals surface area contributed by atoms with Crippen LogP contribution in [0, 0.1) is 12.0 Å². The Morgan fingerprint density at radius 2 is 2.14 bits per heavy atom. The normalized spacial score (nSPS) is 10.6. The highest BCUT2D eigenvalue weighted by Gasteiger charge is 2.17. The van der Waals surface area contributed by atoms with Crippen molar-refractivity contribution < 1.29 is 9.36 Å². The van der Waals surface area contributed by atoms with Gasteiger partial charge in [-0.05, 0) is 4.62 Å². The molecule has 0 aliphatic rings. The van der Waals surface area contributed by atoms with Crippen molar-refractivity contribution in [3.8, 4) is 6.07 Å². The molecule has 6 nitrogen and oxygen atoms in total. The predicted molar refractivity (Wildman–Crippen MR) is 55.7 cm³/mol. The first-order valence-corrected chi connectivity index (χ1v) is 6.03. The van der Waals surface area contributed by atoms with Crippen LogP contribution in [-0.4, -0.2) is 12.5 Å². The maximum Gasteiger partial charge on any atom is 0.583 e. The third kappa shape index (κ3) is 7.74. The van der Waals surface area contributed by atoms with E-state index in [-0.39, 0.29) is 11.8 Å². The van der Waals surface area contributed by atoms with Crippen LogP contribution in [0.1, 0.15) is 20.3 Å².